The van der Waals surface area contributed by atoms with Crippen LogP contribution >= 0.6 is 0 Å². The van der Waals surface area contributed by atoms with Gasteiger partial charge in [-0.3, -0.25) is 9.59 Å². The van der Waals surface area contributed by atoms with Gasteiger partial charge < -0.3 is 4.74 Å². The summed E-state index contributed by atoms with van der Waals surface area (Å²) in [6.07, 6.45) is 2.00. The lowest BCUT2D eigenvalue weighted by Crippen LogP contribution is -2.43. The van der Waals surface area contributed by atoms with Crippen molar-refractivity contribution < 1.29 is 14.3 Å². The van der Waals surface area contributed by atoms with Gasteiger partial charge in [0.15, 0.2) is 11.4 Å². The van der Waals surface area contributed by atoms with Crippen molar-refractivity contribution in [3.8, 4) is 0 Å². The number of rotatable bonds is 2. The first kappa shape index (κ1) is 12.0. The van der Waals surface area contributed by atoms with Crippen molar-refractivity contribution in [2.75, 3.05) is 0 Å². The van der Waals surface area contributed by atoms with Crippen LogP contribution in [0, 0.1) is 0 Å². The summed E-state index contributed by atoms with van der Waals surface area (Å²) in [5.74, 6) is -0.429. The van der Waals surface area contributed by atoms with E-state index in [1.54, 1.807) is 0 Å². The van der Waals surface area contributed by atoms with Gasteiger partial charge in [0.1, 0.15) is 0 Å². The monoisotopic (exact) mass is 210 g/mol. The molecular weight excluding hydrogens is 192 g/mol. The van der Waals surface area contributed by atoms with Crippen LogP contribution in [0.4, 0.5) is 0 Å². The summed E-state index contributed by atoms with van der Waals surface area (Å²) in [6.45, 7) is 6.91. The van der Waals surface area contributed by atoms with Gasteiger partial charge in [-0.25, -0.2) is 0 Å². The van der Waals surface area contributed by atoms with Gasteiger partial charge in [-0.1, -0.05) is 11.1 Å². The molecule has 3 heteroatoms. The van der Waals surface area contributed by atoms with Gasteiger partial charge in [0, 0.05) is 13.3 Å². The number of allylic oxidation sites excluding steroid dienone is 1. The van der Waals surface area contributed by atoms with E-state index in [1.165, 1.54) is 19.4 Å². The van der Waals surface area contributed by atoms with Gasteiger partial charge in [0.25, 0.3) is 0 Å². The Morgan fingerprint density at radius 1 is 1.20 bits per heavy atom. The lowest BCUT2D eigenvalue weighted by molar-refractivity contribution is -0.166. The Balaban J connectivity index is 2.96. The van der Waals surface area contributed by atoms with Crippen LogP contribution in [-0.2, 0) is 14.3 Å². The molecule has 0 saturated heterocycles. The smallest absolute Gasteiger partial charge is 0.303 e. The highest BCUT2D eigenvalue weighted by atomic mass is 16.6. The number of carbonyl (C=O) groups excluding carboxylic acids is 2. The molecule has 0 N–H and O–H groups in total. The van der Waals surface area contributed by atoms with E-state index >= 15 is 0 Å². The van der Waals surface area contributed by atoms with Crippen LogP contribution in [0.3, 0.4) is 0 Å². The van der Waals surface area contributed by atoms with Crippen molar-refractivity contribution in [3.63, 3.8) is 0 Å². The minimum Gasteiger partial charge on any atom is -0.451 e. The third-order valence-electron chi connectivity index (χ3n) is 3.16. The zero-order valence-electron chi connectivity index (χ0n) is 9.85. The molecule has 0 aromatic rings. The molecule has 1 aliphatic rings. The van der Waals surface area contributed by atoms with Gasteiger partial charge in [0.2, 0.25) is 0 Å². The fourth-order valence-electron chi connectivity index (χ4n) is 2.01. The SMILES string of the molecule is CC(=O)OC1(C(C)=O)CCC(C)=C(C)C1. The quantitative estimate of drug-likeness (QED) is 0.519. The second kappa shape index (κ2) is 4.17. The Morgan fingerprint density at radius 3 is 2.20 bits per heavy atom. The molecule has 1 unspecified atom stereocenters. The zero-order valence-corrected chi connectivity index (χ0v) is 9.85. The average molecular weight is 210 g/mol. The highest BCUT2D eigenvalue weighted by Crippen LogP contribution is 2.35. The highest BCUT2D eigenvalue weighted by Gasteiger charge is 2.41. The van der Waals surface area contributed by atoms with Crippen LogP contribution in [0.15, 0.2) is 11.1 Å². The second-order valence-electron chi connectivity index (χ2n) is 4.38. The maximum atomic E-state index is 11.6. The molecule has 0 radical (unpaired) electrons. The topological polar surface area (TPSA) is 43.4 Å². The third-order valence-corrected chi connectivity index (χ3v) is 3.16. The van der Waals surface area contributed by atoms with E-state index in [2.05, 4.69) is 6.92 Å². The van der Waals surface area contributed by atoms with Gasteiger partial charge in [-0.05, 0) is 33.6 Å². The molecule has 1 atom stereocenters. The van der Waals surface area contributed by atoms with Gasteiger partial charge in [-0.2, -0.15) is 0 Å². The number of ether oxygens (including phenoxy) is 1. The standard InChI is InChI=1S/C12H18O3/c1-8-5-6-12(10(3)13,7-9(8)2)15-11(4)14/h5-7H2,1-4H3. The van der Waals surface area contributed by atoms with E-state index in [1.807, 2.05) is 6.92 Å². The Hall–Kier alpha value is -1.12. The second-order valence-corrected chi connectivity index (χ2v) is 4.38. The van der Waals surface area contributed by atoms with Crippen molar-refractivity contribution in [2.45, 2.75) is 52.6 Å². The molecule has 0 aromatic carbocycles. The normalized spacial score (nSPS) is 26.4. The average Bonchev–Trinajstić information content (AvgIpc) is 2.10. The van der Waals surface area contributed by atoms with Crippen molar-refractivity contribution in [2.24, 2.45) is 0 Å². The summed E-state index contributed by atoms with van der Waals surface area (Å²) in [5, 5.41) is 0. The van der Waals surface area contributed by atoms with Crippen molar-refractivity contribution in [3.05, 3.63) is 11.1 Å². The molecule has 1 rings (SSSR count). The van der Waals surface area contributed by atoms with Gasteiger partial charge >= 0.3 is 5.97 Å². The number of esters is 1. The van der Waals surface area contributed by atoms with Gasteiger partial charge in [0.05, 0.1) is 0 Å². The van der Waals surface area contributed by atoms with Crippen molar-refractivity contribution in [1.29, 1.82) is 0 Å². The van der Waals surface area contributed by atoms with E-state index in [0.29, 0.717) is 12.8 Å². The lowest BCUT2D eigenvalue weighted by atomic mass is 9.79. The Bertz CT molecular complexity index is 328. The van der Waals surface area contributed by atoms with Gasteiger partial charge in [-0.15, -0.1) is 0 Å². The fourth-order valence-corrected chi connectivity index (χ4v) is 2.01. The minimum absolute atomic E-state index is 0.0513. The number of Topliss-reactive ketones (excluding diaryl/α,β-unsaturated/α-hetero) is 1. The molecule has 0 spiro atoms. The Labute approximate surface area is 90.5 Å². The molecule has 0 heterocycles. The maximum absolute atomic E-state index is 11.6. The Kier molecular flexibility index (Phi) is 3.32. The summed E-state index contributed by atoms with van der Waals surface area (Å²) in [4.78, 5) is 22.6. The fraction of sp³-hybridized carbons (Fsp3) is 0.667. The molecule has 0 aromatic heterocycles. The first-order valence-corrected chi connectivity index (χ1v) is 5.23. The summed E-state index contributed by atoms with van der Waals surface area (Å²) in [5.41, 5.74) is 1.58. The molecule has 84 valence electrons. The first-order valence-electron chi connectivity index (χ1n) is 5.23. The van der Waals surface area contributed by atoms with E-state index in [0.717, 1.165) is 12.0 Å². The summed E-state index contributed by atoms with van der Waals surface area (Å²) >= 11 is 0. The highest BCUT2D eigenvalue weighted by molar-refractivity contribution is 5.88. The molecule has 15 heavy (non-hydrogen) atoms. The van der Waals surface area contributed by atoms with E-state index in [4.69, 9.17) is 4.74 Å². The molecule has 0 aliphatic heterocycles. The van der Waals surface area contributed by atoms with E-state index < -0.39 is 5.60 Å². The van der Waals surface area contributed by atoms with Crippen molar-refractivity contribution in [1.82, 2.24) is 0 Å². The van der Waals surface area contributed by atoms with E-state index in [9.17, 15) is 9.59 Å². The van der Waals surface area contributed by atoms with Crippen LogP contribution in [-0.4, -0.2) is 17.4 Å². The predicted octanol–water partition coefficient (Wildman–Crippen LogP) is 2.40. The molecular formula is C12H18O3. The van der Waals surface area contributed by atoms with Crippen LogP contribution in [0.1, 0.15) is 47.0 Å². The number of hydrogen-bond acceptors (Lipinski definition) is 3. The largest absolute Gasteiger partial charge is 0.451 e. The van der Waals surface area contributed by atoms with Crippen LogP contribution in [0.5, 0.6) is 0 Å². The van der Waals surface area contributed by atoms with Crippen LogP contribution in [0.25, 0.3) is 0 Å². The number of ketones is 1. The third kappa shape index (κ3) is 2.46. The van der Waals surface area contributed by atoms with Crippen LogP contribution < -0.4 is 0 Å². The minimum atomic E-state index is -0.893. The molecule has 0 amide bonds. The lowest BCUT2D eigenvalue weighted by Gasteiger charge is -2.35. The predicted molar refractivity (Wildman–Crippen MR) is 57.4 cm³/mol. The van der Waals surface area contributed by atoms with Crippen LogP contribution in [0.2, 0.25) is 0 Å². The molecule has 1 aliphatic carbocycles. The molecule has 0 saturated carbocycles. The van der Waals surface area contributed by atoms with E-state index in [-0.39, 0.29) is 11.8 Å². The maximum Gasteiger partial charge on any atom is 0.303 e. The zero-order chi connectivity index (χ0) is 11.6. The molecule has 0 bridgehead atoms. The molecule has 0 fully saturated rings. The number of hydrogen-bond donors (Lipinski definition) is 0. The molecule has 3 nitrogen and oxygen atoms in total. The summed E-state index contributed by atoms with van der Waals surface area (Å²) in [7, 11) is 0. The van der Waals surface area contributed by atoms with Crippen molar-refractivity contribution >= 4 is 11.8 Å². The summed E-state index contributed by atoms with van der Waals surface area (Å²) in [6, 6.07) is 0. The summed E-state index contributed by atoms with van der Waals surface area (Å²) < 4.78 is 5.24. The Morgan fingerprint density at radius 2 is 1.80 bits per heavy atom. The number of carbonyl (C=O) groups is 2. The first-order chi connectivity index (χ1) is 6.87.